The van der Waals surface area contributed by atoms with Gasteiger partial charge in [0, 0.05) is 11.4 Å². The van der Waals surface area contributed by atoms with E-state index in [1.165, 1.54) is 11.8 Å². The highest BCUT2D eigenvalue weighted by Gasteiger charge is 2.11. The molecule has 0 radical (unpaired) electrons. The molecule has 3 aromatic rings. The Balaban J connectivity index is 1.67. The number of amides is 1. The number of aryl methyl sites for hydroxylation is 2. The van der Waals surface area contributed by atoms with Gasteiger partial charge in [0.05, 0.1) is 5.75 Å². The van der Waals surface area contributed by atoms with Crippen LogP contribution in [0, 0.1) is 13.8 Å². The van der Waals surface area contributed by atoms with Gasteiger partial charge >= 0.3 is 0 Å². The SMILES string of the molecule is Cc1cccc(C)c1NC(=O)CSc1nncn1-c1ccccc1. The third-order valence-electron chi connectivity index (χ3n) is 3.63. The van der Waals surface area contributed by atoms with Gasteiger partial charge in [-0.15, -0.1) is 10.2 Å². The molecule has 0 spiro atoms. The monoisotopic (exact) mass is 338 g/mol. The van der Waals surface area contributed by atoms with Crippen molar-refractivity contribution < 1.29 is 4.79 Å². The van der Waals surface area contributed by atoms with Gasteiger partial charge in [-0.25, -0.2) is 0 Å². The zero-order valence-electron chi connectivity index (χ0n) is 13.6. The molecule has 0 aliphatic rings. The van der Waals surface area contributed by atoms with Crippen molar-refractivity contribution in [2.24, 2.45) is 0 Å². The molecule has 122 valence electrons. The zero-order chi connectivity index (χ0) is 16.9. The number of nitrogens with zero attached hydrogens (tertiary/aromatic N) is 3. The second-order valence-electron chi connectivity index (χ2n) is 5.42. The van der Waals surface area contributed by atoms with Crippen LogP contribution in [0.4, 0.5) is 5.69 Å². The van der Waals surface area contributed by atoms with Crippen LogP contribution in [0.5, 0.6) is 0 Å². The number of rotatable bonds is 5. The lowest BCUT2D eigenvalue weighted by Gasteiger charge is -2.11. The van der Waals surface area contributed by atoms with E-state index >= 15 is 0 Å². The number of carbonyl (C=O) groups is 1. The van der Waals surface area contributed by atoms with Crippen molar-refractivity contribution in [2.45, 2.75) is 19.0 Å². The topological polar surface area (TPSA) is 59.8 Å². The van der Waals surface area contributed by atoms with Crippen LogP contribution in [0.1, 0.15) is 11.1 Å². The zero-order valence-corrected chi connectivity index (χ0v) is 14.4. The number of para-hydroxylation sites is 2. The van der Waals surface area contributed by atoms with Gasteiger partial charge in [0.2, 0.25) is 5.91 Å². The molecule has 0 saturated heterocycles. The Bertz CT molecular complexity index is 825. The summed E-state index contributed by atoms with van der Waals surface area (Å²) in [7, 11) is 0. The van der Waals surface area contributed by atoms with Crippen molar-refractivity contribution in [1.82, 2.24) is 14.8 Å². The van der Waals surface area contributed by atoms with E-state index in [1.807, 2.05) is 66.9 Å². The van der Waals surface area contributed by atoms with Crippen LogP contribution >= 0.6 is 11.8 Å². The van der Waals surface area contributed by atoms with Gasteiger partial charge in [0.1, 0.15) is 6.33 Å². The highest BCUT2D eigenvalue weighted by molar-refractivity contribution is 7.99. The van der Waals surface area contributed by atoms with Crippen LogP contribution in [-0.4, -0.2) is 26.4 Å². The van der Waals surface area contributed by atoms with Gasteiger partial charge in [0.15, 0.2) is 5.16 Å². The summed E-state index contributed by atoms with van der Waals surface area (Å²) in [4.78, 5) is 12.3. The van der Waals surface area contributed by atoms with E-state index in [0.29, 0.717) is 5.16 Å². The molecule has 0 fully saturated rings. The van der Waals surface area contributed by atoms with E-state index in [9.17, 15) is 4.79 Å². The number of anilines is 1. The first-order valence-electron chi connectivity index (χ1n) is 7.59. The third kappa shape index (κ3) is 3.65. The summed E-state index contributed by atoms with van der Waals surface area (Å²) in [5.41, 5.74) is 3.97. The van der Waals surface area contributed by atoms with Crippen LogP contribution in [0.2, 0.25) is 0 Å². The molecule has 1 amide bonds. The molecule has 1 aromatic heterocycles. The van der Waals surface area contributed by atoms with Crippen LogP contribution in [0.3, 0.4) is 0 Å². The fourth-order valence-electron chi connectivity index (χ4n) is 2.41. The minimum atomic E-state index is -0.0555. The number of hydrogen-bond acceptors (Lipinski definition) is 4. The quantitative estimate of drug-likeness (QED) is 0.722. The smallest absolute Gasteiger partial charge is 0.234 e. The number of benzene rings is 2. The summed E-state index contributed by atoms with van der Waals surface area (Å²) < 4.78 is 1.87. The summed E-state index contributed by atoms with van der Waals surface area (Å²) in [5.74, 6) is 0.222. The average molecular weight is 338 g/mol. The van der Waals surface area contributed by atoms with Gasteiger partial charge in [0.25, 0.3) is 0 Å². The Labute approximate surface area is 145 Å². The van der Waals surface area contributed by atoms with Crippen LogP contribution in [0.15, 0.2) is 60.0 Å². The van der Waals surface area contributed by atoms with Gasteiger partial charge in [-0.2, -0.15) is 0 Å². The maximum absolute atomic E-state index is 12.3. The molecule has 0 bridgehead atoms. The fraction of sp³-hybridized carbons (Fsp3) is 0.167. The minimum absolute atomic E-state index is 0.0555. The standard InChI is InChI=1S/C18H18N4OS/c1-13-7-6-8-14(2)17(13)20-16(23)11-24-18-21-19-12-22(18)15-9-4-3-5-10-15/h3-10,12H,11H2,1-2H3,(H,20,23). The Hall–Kier alpha value is -2.60. The first kappa shape index (κ1) is 16.3. The molecule has 1 N–H and O–H groups in total. The Morgan fingerprint density at radius 3 is 2.50 bits per heavy atom. The lowest BCUT2D eigenvalue weighted by molar-refractivity contribution is -0.113. The maximum atomic E-state index is 12.3. The molecule has 0 aliphatic heterocycles. The molecule has 0 atom stereocenters. The molecule has 0 unspecified atom stereocenters. The van der Waals surface area contributed by atoms with Crippen molar-refractivity contribution in [1.29, 1.82) is 0 Å². The van der Waals surface area contributed by atoms with Crippen molar-refractivity contribution in [3.8, 4) is 5.69 Å². The van der Waals surface area contributed by atoms with E-state index in [-0.39, 0.29) is 11.7 Å². The molecule has 2 aromatic carbocycles. The van der Waals surface area contributed by atoms with Crippen molar-refractivity contribution in [3.63, 3.8) is 0 Å². The van der Waals surface area contributed by atoms with Gasteiger partial charge in [-0.05, 0) is 37.1 Å². The summed E-state index contributed by atoms with van der Waals surface area (Å²) in [6, 6.07) is 15.8. The van der Waals surface area contributed by atoms with E-state index < -0.39 is 0 Å². The molecular formula is C18H18N4OS. The maximum Gasteiger partial charge on any atom is 0.234 e. The lowest BCUT2D eigenvalue weighted by Crippen LogP contribution is -2.16. The van der Waals surface area contributed by atoms with E-state index in [4.69, 9.17) is 0 Å². The van der Waals surface area contributed by atoms with E-state index in [2.05, 4.69) is 15.5 Å². The van der Waals surface area contributed by atoms with Crippen LogP contribution in [-0.2, 0) is 4.79 Å². The highest BCUT2D eigenvalue weighted by atomic mass is 32.2. The number of hydrogen-bond donors (Lipinski definition) is 1. The number of thioether (sulfide) groups is 1. The van der Waals surface area contributed by atoms with Crippen LogP contribution < -0.4 is 5.32 Å². The normalized spacial score (nSPS) is 10.6. The molecule has 3 rings (SSSR count). The van der Waals surface area contributed by atoms with Gasteiger partial charge in [-0.1, -0.05) is 48.2 Å². The van der Waals surface area contributed by atoms with Gasteiger partial charge < -0.3 is 5.32 Å². The summed E-state index contributed by atoms with van der Waals surface area (Å²) >= 11 is 1.36. The van der Waals surface area contributed by atoms with Gasteiger partial charge in [-0.3, -0.25) is 9.36 Å². The first-order valence-corrected chi connectivity index (χ1v) is 8.58. The molecule has 0 saturated carbocycles. The predicted molar refractivity (Wildman–Crippen MR) is 96.6 cm³/mol. The largest absolute Gasteiger partial charge is 0.325 e. The van der Waals surface area contributed by atoms with Crippen molar-refractivity contribution in [2.75, 3.05) is 11.1 Å². The molecule has 0 aliphatic carbocycles. The Morgan fingerprint density at radius 2 is 1.79 bits per heavy atom. The highest BCUT2D eigenvalue weighted by Crippen LogP contribution is 2.22. The van der Waals surface area contributed by atoms with Crippen molar-refractivity contribution >= 4 is 23.4 Å². The van der Waals surface area contributed by atoms with Crippen molar-refractivity contribution in [3.05, 3.63) is 66.0 Å². The van der Waals surface area contributed by atoms with E-state index in [1.54, 1.807) is 6.33 Å². The fourth-order valence-corrected chi connectivity index (χ4v) is 3.13. The number of carbonyl (C=O) groups excluding carboxylic acids is 1. The first-order chi connectivity index (χ1) is 11.6. The molecule has 6 heteroatoms. The number of aromatic nitrogens is 3. The summed E-state index contributed by atoms with van der Waals surface area (Å²) in [6.45, 7) is 3.98. The van der Waals surface area contributed by atoms with Crippen LogP contribution in [0.25, 0.3) is 5.69 Å². The molecule has 5 nitrogen and oxygen atoms in total. The lowest BCUT2D eigenvalue weighted by atomic mass is 10.1. The average Bonchev–Trinajstić information content (AvgIpc) is 3.06. The number of nitrogens with one attached hydrogen (secondary N) is 1. The van der Waals surface area contributed by atoms with E-state index in [0.717, 1.165) is 22.5 Å². The Kier molecular flexibility index (Phi) is 4.96. The molecular weight excluding hydrogens is 320 g/mol. The molecule has 24 heavy (non-hydrogen) atoms. The second-order valence-corrected chi connectivity index (χ2v) is 6.37. The minimum Gasteiger partial charge on any atom is -0.325 e. The second kappa shape index (κ2) is 7.31. The third-order valence-corrected chi connectivity index (χ3v) is 4.57. The predicted octanol–water partition coefficient (Wildman–Crippen LogP) is 3.61. The summed E-state index contributed by atoms with van der Waals surface area (Å²) in [5, 5.41) is 11.7. The molecule has 1 heterocycles. The Morgan fingerprint density at radius 1 is 1.08 bits per heavy atom. The summed E-state index contributed by atoms with van der Waals surface area (Å²) in [6.07, 6.45) is 1.65.